The van der Waals surface area contributed by atoms with Crippen molar-refractivity contribution in [2.24, 2.45) is 5.41 Å². The van der Waals surface area contributed by atoms with E-state index in [9.17, 15) is 0 Å². The molecule has 0 aromatic rings. The Hall–Kier alpha value is 0.840. The molecule has 17 heavy (non-hydrogen) atoms. The van der Waals surface area contributed by atoms with E-state index in [1.807, 2.05) is 0 Å². The van der Waals surface area contributed by atoms with Gasteiger partial charge >= 0.3 is 0 Å². The maximum Gasteiger partial charge on any atom is 0.0594 e. The fourth-order valence-corrected chi connectivity index (χ4v) is 3.65. The van der Waals surface area contributed by atoms with Crippen LogP contribution in [0.1, 0.15) is 25.7 Å². The van der Waals surface area contributed by atoms with Crippen molar-refractivity contribution in [3.8, 4) is 0 Å². The zero-order valence-electron chi connectivity index (χ0n) is 10.3. The smallest absolute Gasteiger partial charge is 0.0594 e. The minimum atomic E-state index is 0. The van der Waals surface area contributed by atoms with Gasteiger partial charge in [0.2, 0.25) is 0 Å². The van der Waals surface area contributed by atoms with Gasteiger partial charge in [-0.1, -0.05) is 0 Å². The number of nitrogens with zero attached hydrogens (tertiary/aromatic N) is 1. The normalized spacial score (nSPS) is 32.1. The molecule has 2 heterocycles. The maximum atomic E-state index is 5.44. The predicted octanol–water partition coefficient (Wildman–Crippen LogP) is 2.01. The van der Waals surface area contributed by atoms with E-state index in [4.69, 9.17) is 4.74 Å². The van der Waals surface area contributed by atoms with Gasteiger partial charge in [0.1, 0.15) is 0 Å². The first-order valence-electron chi connectivity index (χ1n) is 6.43. The Labute approximate surface area is 125 Å². The summed E-state index contributed by atoms with van der Waals surface area (Å²) >= 11 is 0. The number of rotatable bonds is 1. The van der Waals surface area contributed by atoms with E-state index < -0.39 is 0 Å². The summed E-state index contributed by atoms with van der Waals surface area (Å²) in [5.41, 5.74) is 0.683. The summed E-state index contributed by atoms with van der Waals surface area (Å²) in [6, 6.07) is 0.878. The van der Waals surface area contributed by atoms with Crippen molar-refractivity contribution in [1.82, 2.24) is 10.2 Å². The molecule has 1 N–H and O–H groups in total. The molecule has 0 amide bonds. The predicted molar refractivity (Wildman–Crippen MR) is 80.6 cm³/mol. The second-order valence-corrected chi connectivity index (χ2v) is 5.32. The molecule has 1 unspecified atom stereocenters. The van der Waals surface area contributed by atoms with Crippen molar-refractivity contribution in [1.29, 1.82) is 0 Å². The summed E-state index contributed by atoms with van der Waals surface area (Å²) in [7, 11) is 0. The standard InChI is InChI=1S/C12H22N2O.2BrH/c1-2-12(3-5-13-6-4-12)11(1)14-7-9-15-10-8-14;;/h11,13H,1-10H2;2*1H. The van der Waals surface area contributed by atoms with Crippen molar-refractivity contribution in [2.75, 3.05) is 39.4 Å². The third-order valence-corrected chi connectivity index (χ3v) is 4.71. The Kier molecular flexibility index (Phi) is 6.40. The fourth-order valence-electron chi connectivity index (χ4n) is 3.65. The molecule has 0 aromatic carbocycles. The van der Waals surface area contributed by atoms with Gasteiger partial charge < -0.3 is 10.1 Å². The van der Waals surface area contributed by atoms with Crippen LogP contribution < -0.4 is 5.32 Å². The van der Waals surface area contributed by atoms with Gasteiger partial charge in [-0.3, -0.25) is 4.90 Å². The number of hydrogen-bond acceptors (Lipinski definition) is 3. The van der Waals surface area contributed by atoms with Gasteiger partial charge in [0.05, 0.1) is 13.2 Å². The summed E-state index contributed by atoms with van der Waals surface area (Å²) in [6.45, 7) is 6.71. The Bertz CT molecular complexity index is 229. The number of morpholine rings is 1. The average molecular weight is 372 g/mol. The number of piperidine rings is 1. The van der Waals surface area contributed by atoms with Crippen LogP contribution in [-0.4, -0.2) is 50.3 Å². The molecule has 3 nitrogen and oxygen atoms in total. The number of hydrogen-bond donors (Lipinski definition) is 1. The molecule has 1 spiro atoms. The van der Waals surface area contributed by atoms with Gasteiger partial charge in [0.25, 0.3) is 0 Å². The van der Waals surface area contributed by atoms with Crippen LogP contribution in [0.2, 0.25) is 0 Å². The molecule has 1 aliphatic carbocycles. The first-order chi connectivity index (χ1) is 7.41. The molecule has 2 aliphatic heterocycles. The van der Waals surface area contributed by atoms with E-state index in [0.717, 1.165) is 19.3 Å². The Morgan fingerprint density at radius 3 is 2.18 bits per heavy atom. The quantitative estimate of drug-likeness (QED) is 0.762. The van der Waals surface area contributed by atoms with Crippen molar-refractivity contribution >= 4 is 34.0 Å². The van der Waals surface area contributed by atoms with Gasteiger partial charge in [0.15, 0.2) is 0 Å². The van der Waals surface area contributed by atoms with Crippen molar-refractivity contribution in [3.05, 3.63) is 0 Å². The van der Waals surface area contributed by atoms with Gasteiger partial charge in [-0.2, -0.15) is 0 Å². The molecular formula is C12H24Br2N2O. The second-order valence-electron chi connectivity index (χ2n) is 5.32. The lowest BCUT2D eigenvalue weighted by molar-refractivity contribution is -0.0844. The molecule has 1 saturated carbocycles. The monoisotopic (exact) mass is 370 g/mol. The SMILES string of the molecule is Br.Br.C1CC2(CCN1)CCC2N1CCOCC1. The zero-order valence-corrected chi connectivity index (χ0v) is 13.7. The lowest BCUT2D eigenvalue weighted by atomic mass is 9.59. The summed E-state index contributed by atoms with van der Waals surface area (Å²) in [6.07, 6.45) is 5.70. The lowest BCUT2D eigenvalue weighted by Gasteiger charge is -2.57. The summed E-state index contributed by atoms with van der Waals surface area (Å²) in [5, 5.41) is 3.49. The molecule has 5 heteroatoms. The molecule has 3 fully saturated rings. The van der Waals surface area contributed by atoms with E-state index in [1.54, 1.807) is 0 Å². The van der Waals surface area contributed by atoms with E-state index in [1.165, 1.54) is 51.9 Å². The lowest BCUT2D eigenvalue weighted by Crippen LogP contribution is -2.60. The molecule has 0 aromatic heterocycles. The van der Waals surface area contributed by atoms with Gasteiger partial charge in [-0.25, -0.2) is 0 Å². The summed E-state index contributed by atoms with van der Waals surface area (Å²) < 4.78 is 5.44. The Morgan fingerprint density at radius 2 is 1.65 bits per heavy atom. The van der Waals surface area contributed by atoms with Crippen LogP contribution in [-0.2, 0) is 4.74 Å². The minimum Gasteiger partial charge on any atom is -0.379 e. The molecule has 0 radical (unpaired) electrons. The average Bonchev–Trinajstić information content (AvgIpc) is 2.30. The summed E-state index contributed by atoms with van der Waals surface area (Å²) in [4.78, 5) is 2.69. The minimum absolute atomic E-state index is 0. The highest BCUT2D eigenvalue weighted by molar-refractivity contribution is 8.93. The highest BCUT2D eigenvalue weighted by Gasteiger charge is 2.49. The van der Waals surface area contributed by atoms with Crippen molar-refractivity contribution < 1.29 is 4.74 Å². The van der Waals surface area contributed by atoms with Crippen LogP contribution in [0.25, 0.3) is 0 Å². The Morgan fingerprint density at radius 1 is 1.00 bits per heavy atom. The molecule has 3 aliphatic rings. The number of ether oxygens (including phenoxy) is 1. The zero-order chi connectivity index (χ0) is 10.1. The third kappa shape index (κ3) is 3.06. The number of nitrogens with one attached hydrogen (secondary N) is 1. The van der Waals surface area contributed by atoms with Crippen LogP contribution in [0.15, 0.2) is 0 Å². The van der Waals surface area contributed by atoms with E-state index in [2.05, 4.69) is 10.2 Å². The molecule has 2 saturated heterocycles. The topological polar surface area (TPSA) is 24.5 Å². The van der Waals surface area contributed by atoms with Crippen LogP contribution in [0, 0.1) is 5.41 Å². The van der Waals surface area contributed by atoms with Gasteiger partial charge in [-0.15, -0.1) is 34.0 Å². The highest BCUT2D eigenvalue weighted by atomic mass is 79.9. The van der Waals surface area contributed by atoms with E-state index >= 15 is 0 Å². The molecule has 102 valence electrons. The number of halogens is 2. The maximum absolute atomic E-state index is 5.44. The molecule has 1 atom stereocenters. The summed E-state index contributed by atoms with van der Waals surface area (Å²) in [5.74, 6) is 0. The van der Waals surface area contributed by atoms with Crippen LogP contribution >= 0.6 is 34.0 Å². The van der Waals surface area contributed by atoms with Gasteiger partial charge in [-0.05, 0) is 44.2 Å². The second kappa shape index (κ2) is 6.85. The van der Waals surface area contributed by atoms with Crippen molar-refractivity contribution in [3.63, 3.8) is 0 Å². The van der Waals surface area contributed by atoms with Crippen LogP contribution in [0.3, 0.4) is 0 Å². The molecule has 3 rings (SSSR count). The van der Waals surface area contributed by atoms with Crippen molar-refractivity contribution in [2.45, 2.75) is 31.7 Å². The van der Waals surface area contributed by atoms with Crippen LogP contribution in [0.5, 0.6) is 0 Å². The van der Waals surface area contributed by atoms with Gasteiger partial charge in [0, 0.05) is 19.1 Å². The fraction of sp³-hybridized carbons (Fsp3) is 1.00. The Balaban J connectivity index is 0.000000722. The molecule has 0 bridgehead atoms. The van der Waals surface area contributed by atoms with Crippen LogP contribution in [0.4, 0.5) is 0 Å². The van der Waals surface area contributed by atoms with E-state index in [-0.39, 0.29) is 34.0 Å². The first kappa shape index (κ1) is 15.9. The largest absolute Gasteiger partial charge is 0.379 e. The third-order valence-electron chi connectivity index (χ3n) is 4.71. The first-order valence-corrected chi connectivity index (χ1v) is 6.43. The molecular weight excluding hydrogens is 348 g/mol. The highest BCUT2D eigenvalue weighted by Crippen LogP contribution is 2.50. The van der Waals surface area contributed by atoms with E-state index in [0.29, 0.717) is 5.41 Å².